The van der Waals surface area contributed by atoms with E-state index in [2.05, 4.69) is 4.74 Å². The second kappa shape index (κ2) is 9.73. The molecule has 0 radical (unpaired) electrons. The van der Waals surface area contributed by atoms with Crippen molar-refractivity contribution in [2.75, 3.05) is 18.9 Å². The molecule has 0 heterocycles. The molecule has 3 amide bonds. The van der Waals surface area contributed by atoms with E-state index in [9.17, 15) is 27.6 Å². The Kier molecular flexibility index (Phi) is 8.33. The van der Waals surface area contributed by atoms with Crippen LogP contribution in [0.2, 0.25) is 10.0 Å². The van der Waals surface area contributed by atoms with Crippen LogP contribution < -0.4 is 10.6 Å². The van der Waals surface area contributed by atoms with Gasteiger partial charge >= 0.3 is 18.2 Å². The molecule has 0 bridgehead atoms. The number of ether oxygens (including phenoxy) is 1. The lowest BCUT2D eigenvalue weighted by Crippen LogP contribution is -2.44. The van der Waals surface area contributed by atoms with Crippen molar-refractivity contribution in [2.45, 2.75) is 11.1 Å². The molecule has 0 atom stereocenters. The predicted molar refractivity (Wildman–Crippen MR) is 85.7 cm³/mol. The van der Waals surface area contributed by atoms with Crippen LogP contribution in [0, 0.1) is 0 Å². The fourth-order valence-electron chi connectivity index (χ4n) is 1.30. The first-order chi connectivity index (χ1) is 11.6. The van der Waals surface area contributed by atoms with E-state index < -0.39 is 37.2 Å². The lowest BCUT2D eigenvalue weighted by atomic mass is 10.4. The normalized spacial score (nSPS) is 10.9. The maximum Gasteiger partial charge on any atom is 0.405 e. The maximum absolute atomic E-state index is 11.9. The van der Waals surface area contributed by atoms with Gasteiger partial charge in [0.25, 0.3) is 5.91 Å². The molecule has 138 valence electrons. The van der Waals surface area contributed by atoms with Crippen LogP contribution in [-0.2, 0) is 14.3 Å². The van der Waals surface area contributed by atoms with Crippen molar-refractivity contribution >= 4 is 52.9 Å². The maximum atomic E-state index is 11.9. The smallest absolute Gasteiger partial charge is 0.405 e. The topological polar surface area (TPSA) is 84.5 Å². The number of amides is 3. The third kappa shape index (κ3) is 9.42. The van der Waals surface area contributed by atoms with Gasteiger partial charge in [-0.15, -0.1) is 11.8 Å². The van der Waals surface area contributed by atoms with Gasteiger partial charge in [0, 0.05) is 9.92 Å². The van der Waals surface area contributed by atoms with Gasteiger partial charge in [-0.2, -0.15) is 13.2 Å². The van der Waals surface area contributed by atoms with E-state index in [1.165, 1.54) is 5.32 Å². The Morgan fingerprint density at radius 2 is 1.88 bits per heavy atom. The summed E-state index contributed by atoms with van der Waals surface area (Å²) >= 11 is 12.7. The van der Waals surface area contributed by atoms with Crippen LogP contribution in [0.25, 0.3) is 0 Å². The number of carbonyl (C=O) groups excluding carboxylic acids is 3. The van der Waals surface area contributed by atoms with Crippen LogP contribution in [0.15, 0.2) is 23.1 Å². The fourth-order valence-corrected chi connectivity index (χ4v) is 2.59. The molecule has 12 heteroatoms. The van der Waals surface area contributed by atoms with E-state index in [0.717, 1.165) is 11.8 Å². The molecule has 0 saturated carbocycles. The molecule has 2 N–H and O–H groups in total. The molecule has 0 aliphatic carbocycles. The quantitative estimate of drug-likeness (QED) is 0.547. The van der Waals surface area contributed by atoms with E-state index in [0.29, 0.717) is 14.9 Å². The van der Waals surface area contributed by atoms with E-state index in [1.54, 1.807) is 23.5 Å². The van der Waals surface area contributed by atoms with Crippen molar-refractivity contribution < 1.29 is 32.3 Å². The summed E-state index contributed by atoms with van der Waals surface area (Å²) in [5, 5.41) is 3.82. The average molecular weight is 419 g/mol. The van der Waals surface area contributed by atoms with Gasteiger partial charge in [0.1, 0.15) is 6.54 Å². The number of alkyl halides is 3. The van der Waals surface area contributed by atoms with Gasteiger partial charge in [0.05, 0.1) is 10.8 Å². The van der Waals surface area contributed by atoms with Gasteiger partial charge < -0.3 is 10.1 Å². The van der Waals surface area contributed by atoms with Crippen molar-refractivity contribution in [2.24, 2.45) is 0 Å². The van der Waals surface area contributed by atoms with Gasteiger partial charge in [-0.1, -0.05) is 23.2 Å². The van der Waals surface area contributed by atoms with E-state index in [1.807, 2.05) is 0 Å². The highest BCUT2D eigenvalue weighted by molar-refractivity contribution is 8.00. The molecule has 1 aromatic rings. The summed E-state index contributed by atoms with van der Waals surface area (Å²) in [5.74, 6) is -2.04. The highest BCUT2D eigenvalue weighted by Crippen LogP contribution is 2.29. The number of carbonyl (C=O) groups is 3. The Bertz CT molecular complexity index is 659. The summed E-state index contributed by atoms with van der Waals surface area (Å²) in [6.07, 6.45) is -4.61. The van der Waals surface area contributed by atoms with Crippen molar-refractivity contribution in [3.05, 3.63) is 28.2 Å². The number of urea groups is 1. The van der Waals surface area contributed by atoms with Crippen LogP contribution in [0.4, 0.5) is 18.0 Å². The first kappa shape index (κ1) is 21.4. The summed E-state index contributed by atoms with van der Waals surface area (Å²) in [6, 6.07) is 3.31. The van der Waals surface area contributed by atoms with Crippen molar-refractivity contribution in [1.82, 2.24) is 10.6 Å². The van der Waals surface area contributed by atoms with Crippen molar-refractivity contribution in [3.63, 3.8) is 0 Å². The van der Waals surface area contributed by atoms with Gasteiger partial charge in [0.2, 0.25) is 0 Å². The zero-order valence-electron chi connectivity index (χ0n) is 12.3. The SMILES string of the molecule is O=C(COC(=O)CSc1cc(Cl)ccc1Cl)NC(=O)NCC(F)(F)F. The lowest BCUT2D eigenvalue weighted by molar-refractivity contribution is -0.145. The van der Waals surface area contributed by atoms with Crippen molar-refractivity contribution in [1.29, 1.82) is 0 Å². The van der Waals surface area contributed by atoms with Gasteiger partial charge in [0.15, 0.2) is 6.61 Å². The number of thioether (sulfide) groups is 1. The zero-order chi connectivity index (χ0) is 19.0. The van der Waals surface area contributed by atoms with Gasteiger partial charge in [-0.3, -0.25) is 14.9 Å². The van der Waals surface area contributed by atoms with Crippen LogP contribution in [0.3, 0.4) is 0 Å². The zero-order valence-corrected chi connectivity index (χ0v) is 14.6. The average Bonchev–Trinajstić information content (AvgIpc) is 2.51. The lowest BCUT2D eigenvalue weighted by Gasteiger charge is -2.09. The Morgan fingerprint density at radius 3 is 2.52 bits per heavy atom. The summed E-state index contributed by atoms with van der Waals surface area (Å²) in [4.78, 5) is 34.3. The van der Waals surface area contributed by atoms with Crippen LogP contribution in [0.5, 0.6) is 0 Å². The standard InChI is InChI=1S/C13H11Cl2F3N2O4S/c14-7-1-2-8(15)9(3-7)25-5-11(22)24-4-10(21)20-12(23)19-6-13(16,17)18/h1-3H,4-6H2,(H2,19,20,21,23). The fraction of sp³-hybridized carbons (Fsp3) is 0.308. The molecule has 0 saturated heterocycles. The van der Waals surface area contributed by atoms with Gasteiger partial charge in [-0.05, 0) is 18.2 Å². The van der Waals surface area contributed by atoms with Crippen molar-refractivity contribution in [3.8, 4) is 0 Å². The molecule has 1 aromatic carbocycles. The molecule has 0 aromatic heterocycles. The minimum atomic E-state index is -4.61. The predicted octanol–water partition coefficient (Wildman–Crippen LogP) is 3.02. The number of benzene rings is 1. The first-order valence-corrected chi connectivity index (χ1v) is 8.19. The number of rotatable bonds is 6. The molecule has 0 aliphatic heterocycles. The second-order valence-corrected chi connectivity index (χ2v) is 6.23. The molecule has 1 rings (SSSR count). The number of esters is 1. The van der Waals surface area contributed by atoms with E-state index >= 15 is 0 Å². The van der Waals surface area contributed by atoms with Crippen LogP contribution in [0.1, 0.15) is 0 Å². The van der Waals surface area contributed by atoms with Crippen LogP contribution >= 0.6 is 35.0 Å². The second-order valence-electron chi connectivity index (χ2n) is 4.37. The summed E-state index contributed by atoms with van der Waals surface area (Å²) in [7, 11) is 0. The summed E-state index contributed by atoms with van der Waals surface area (Å²) < 4.78 is 40.2. The molecule has 0 spiro atoms. The Hall–Kier alpha value is -1.65. The molecule has 25 heavy (non-hydrogen) atoms. The number of hydrogen-bond donors (Lipinski definition) is 2. The Morgan fingerprint density at radius 1 is 1.20 bits per heavy atom. The third-order valence-electron chi connectivity index (χ3n) is 2.31. The molecule has 6 nitrogen and oxygen atoms in total. The number of nitrogens with one attached hydrogen (secondary N) is 2. The number of halogens is 5. The highest BCUT2D eigenvalue weighted by atomic mass is 35.5. The highest BCUT2D eigenvalue weighted by Gasteiger charge is 2.28. The molecular formula is C13H11Cl2F3N2O4S. The van der Waals surface area contributed by atoms with E-state index in [-0.39, 0.29) is 5.75 Å². The summed E-state index contributed by atoms with van der Waals surface area (Å²) in [5.41, 5.74) is 0. The minimum Gasteiger partial charge on any atom is -0.455 e. The molecule has 0 fully saturated rings. The molecule has 0 unspecified atom stereocenters. The molecular weight excluding hydrogens is 408 g/mol. The largest absolute Gasteiger partial charge is 0.455 e. The third-order valence-corrected chi connectivity index (χ3v) is 4.01. The Labute approximate surface area is 154 Å². The monoisotopic (exact) mass is 418 g/mol. The molecule has 0 aliphatic rings. The van der Waals surface area contributed by atoms with Gasteiger partial charge in [-0.25, -0.2) is 4.79 Å². The van der Waals surface area contributed by atoms with E-state index in [4.69, 9.17) is 23.2 Å². The first-order valence-electron chi connectivity index (χ1n) is 6.45. The number of imide groups is 1. The number of hydrogen-bond acceptors (Lipinski definition) is 5. The summed E-state index contributed by atoms with van der Waals surface area (Å²) in [6.45, 7) is -2.41. The Balaban J connectivity index is 2.30. The van der Waals surface area contributed by atoms with Crippen LogP contribution in [-0.4, -0.2) is 43.0 Å². The minimum absolute atomic E-state index is 0.187.